The second kappa shape index (κ2) is 11.6. The molecule has 0 bridgehead atoms. The van der Waals surface area contributed by atoms with Crippen molar-refractivity contribution in [2.24, 2.45) is 0 Å². The Labute approximate surface area is 245 Å². The molecule has 224 valence electrons. The minimum absolute atomic E-state index is 0.0105. The van der Waals surface area contributed by atoms with Gasteiger partial charge in [-0.15, -0.1) is 0 Å². The van der Waals surface area contributed by atoms with E-state index < -0.39 is 17.7 Å². The van der Waals surface area contributed by atoms with Crippen LogP contribution in [0.5, 0.6) is 5.75 Å². The molecule has 3 heterocycles. The summed E-state index contributed by atoms with van der Waals surface area (Å²) in [5.74, 6) is -2.24. The number of fused-ring (bicyclic) bond motifs is 1. The summed E-state index contributed by atoms with van der Waals surface area (Å²) < 4.78 is 35.6. The van der Waals surface area contributed by atoms with Gasteiger partial charge in [-0.1, -0.05) is 0 Å². The second-order valence-corrected chi connectivity index (χ2v) is 10.9. The molecular weight excluding hydrogens is 560 g/mol. The van der Waals surface area contributed by atoms with Gasteiger partial charge in [0.05, 0.1) is 31.1 Å². The fourth-order valence-electron chi connectivity index (χ4n) is 5.56. The molecule has 1 saturated heterocycles. The number of ether oxygens (including phenoxy) is 1. The zero-order valence-corrected chi connectivity index (χ0v) is 23.5. The number of β-amino-alcohol motifs (C(OH)–C–C–N with tert-alkyl or cyclic N) is 1. The van der Waals surface area contributed by atoms with Gasteiger partial charge in [0.2, 0.25) is 11.7 Å². The number of hydrogen-bond donors (Lipinski definition) is 5. The van der Waals surface area contributed by atoms with E-state index in [1.54, 1.807) is 22.7 Å². The van der Waals surface area contributed by atoms with Gasteiger partial charge in [0.25, 0.3) is 5.91 Å². The van der Waals surface area contributed by atoms with E-state index in [2.05, 4.69) is 31.2 Å². The van der Waals surface area contributed by atoms with Crippen LogP contribution in [-0.2, 0) is 4.79 Å². The van der Waals surface area contributed by atoms with Crippen molar-refractivity contribution in [2.75, 3.05) is 19.0 Å². The molecule has 6 rings (SSSR count). The van der Waals surface area contributed by atoms with E-state index in [1.807, 2.05) is 13.0 Å². The number of rotatable bonds is 8. The number of halogens is 2. The van der Waals surface area contributed by atoms with Crippen LogP contribution >= 0.6 is 0 Å². The monoisotopic (exact) mass is 591 g/mol. The Morgan fingerprint density at radius 1 is 1.07 bits per heavy atom. The molecule has 0 unspecified atom stereocenters. The molecule has 0 spiro atoms. The molecular formula is C30H31F2N7O4. The number of carbonyl (C=O) groups is 2. The maximum absolute atomic E-state index is 14.8. The highest BCUT2D eigenvalue weighted by molar-refractivity contribution is 5.96. The number of methoxy groups -OCH3 is 1. The highest BCUT2D eigenvalue weighted by Crippen LogP contribution is 2.32. The number of nitrogens with zero attached hydrogens (tertiary/aromatic N) is 3. The highest BCUT2D eigenvalue weighted by Gasteiger charge is 2.35. The molecule has 2 aromatic carbocycles. The zero-order chi connectivity index (χ0) is 30.2. The van der Waals surface area contributed by atoms with Gasteiger partial charge >= 0.3 is 0 Å². The molecule has 43 heavy (non-hydrogen) atoms. The van der Waals surface area contributed by atoms with Crippen molar-refractivity contribution in [1.29, 1.82) is 0 Å². The summed E-state index contributed by atoms with van der Waals surface area (Å²) in [4.78, 5) is 34.0. The first-order chi connectivity index (χ1) is 20.7. The van der Waals surface area contributed by atoms with E-state index >= 15 is 0 Å². The average Bonchev–Trinajstić information content (AvgIpc) is 3.60. The fraction of sp³-hybridized carbons (Fsp3) is 0.333. The maximum atomic E-state index is 14.8. The van der Waals surface area contributed by atoms with Gasteiger partial charge in [-0.2, -0.15) is 4.39 Å². The van der Waals surface area contributed by atoms with Crippen molar-refractivity contribution >= 4 is 29.0 Å². The highest BCUT2D eigenvalue weighted by atomic mass is 19.2. The number of anilines is 2. The van der Waals surface area contributed by atoms with E-state index in [-0.39, 0.29) is 41.3 Å². The topological polar surface area (TPSA) is 142 Å². The normalized spacial score (nSPS) is 21.3. The van der Waals surface area contributed by atoms with E-state index in [0.717, 1.165) is 5.56 Å². The van der Waals surface area contributed by atoms with Gasteiger partial charge in [-0.3, -0.25) is 14.0 Å². The molecule has 2 amide bonds. The number of aliphatic hydroxyl groups is 1. The Morgan fingerprint density at radius 3 is 2.58 bits per heavy atom. The lowest BCUT2D eigenvalue weighted by Gasteiger charge is -2.37. The SMILES string of the molecule is COc1ccc(-c2cnc3c(Nc4ccc(C(=O)N[C@H]5C[C@@H](NC(=O)[C@@H]6C[C@@H](O)CN6)C5)c(C)c4)nccn23)c(F)c1F. The first kappa shape index (κ1) is 28.5. The number of aliphatic hydroxyl groups excluding tert-OH is 1. The van der Waals surface area contributed by atoms with Crippen molar-refractivity contribution in [3.8, 4) is 17.0 Å². The third-order valence-corrected chi connectivity index (χ3v) is 7.95. The third kappa shape index (κ3) is 5.60. The molecule has 13 heteroatoms. The van der Waals surface area contributed by atoms with Crippen LogP contribution in [0.25, 0.3) is 16.9 Å². The maximum Gasteiger partial charge on any atom is 0.251 e. The number of nitrogens with one attached hydrogen (secondary N) is 4. The summed E-state index contributed by atoms with van der Waals surface area (Å²) in [5, 5.41) is 21.8. The molecule has 4 aromatic rings. The Kier molecular flexibility index (Phi) is 7.67. The third-order valence-electron chi connectivity index (χ3n) is 7.95. The lowest BCUT2D eigenvalue weighted by molar-refractivity contribution is -0.124. The van der Waals surface area contributed by atoms with Crippen molar-refractivity contribution in [1.82, 2.24) is 30.3 Å². The molecule has 11 nitrogen and oxygen atoms in total. The van der Waals surface area contributed by atoms with Gasteiger partial charge in [0.15, 0.2) is 23.0 Å². The quantitative estimate of drug-likeness (QED) is 0.211. The minimum Gasteiger partial charge on any atom is -0.494 e. The van der Waals surface area contributed by atoms with Gasteiger partial charge < -0.3 is 31.1 Å². The number of hydrogen-bond acceptors (Lipinski definition) is 8. The van der Waals surface area contributed by atoms with Gasteiger partial charge in [0.1, 0.15) is 0 Å². The van der Waals surface area contributed by atoms with Crippen LogP contribution < -0.4 is 26.0 Å². The van der Waals surface area contributed by atoms with Crippen LogP contribution in [0, 0.1) is 18.6 Å². The van der Waals surface area contributed by atoms with Crippen molar-refractivity contribution < 1.29 is 28.2 Å². The first-order valence-electron chi connectivity index (χ1n) is 14.0. The van der Waals surface area contributed by atoms with Crippen molar-refractivity contribution in [3.63, 3.8) is 0 Å². The van der Waals surface area contributed by atoms with Crippen LogP contribution in [-0.4, -0.2) is 69.2 Å². The van der Waals surface area contributed by atoms with Crippen LogP contribution in [0.4, 0.5) is 20.3 Å². The number of amides is 2. The lowest BCUT2D eigenvalue weighted by Crippen LogP contribution is -2.56. The zero-order valence-electron chi connectivity index (χ0n) is 23.5. The van der Waals surface area contributed by atoms with E-state index in [0.29, 0.717) is 54.2 Å². The smallest absolute Gasteiger partial charge is 0.251 e. The Balaban J connectivity index is 1.10. The fourth-order valence-corrected chi connectivity index (χ4v) is 5.56. The molecule has 0 radical (unpaired) electrons. The molecule has 5 N–H and O–H groups in total. The first-order valence-corrected chi connectivity index (χ1v) is 14.0. The summed E-state index contributed by atoms with van der Waals surface area (Å²) in [5.41, 5.74) is 2.70. The number of aromatic nitrogens is 3. The number of aryl methyl sites for hydroxylation is 1. The Bertz CT molecular complexity index is 1710. The molecule has 2 atom stereocenters. The van der Waals surface area contributed by atoms with Gasteiger partial charge in [-0.05, 0) is 62.1 Å². The van der Waals surface area contributed by atoms with Gasteiger partial charge in [0, 0.05) is 47.8 Å². The Hall–Kier alpha value is -4.62. The molecule has 2 fully saturated rings. The van der Waals surface area contributed by atoms with E-state index in [4.69, 9.17) is 4.74 Å². The molecule has 1 saturated carbocycles. The standard InChI is InChI=1S/C30H31F2N7O4/c1-15-9-16(3-4-20(15)29(41)37-17-10-18(11-17)38-30(42)22-12-19(40)13-34-22)36-27-28-35-14-23(39(28)8-7-33-27)21-5-6-24(43-2)26(32)25(21)31/h3-9,14,17-19,22,34,40H,10-13H2,1-2H3,(H,33,36)(H,37,41)(H,38,42)/t17-,18+,19-,22+/m1/s1. The van der Waals surface area contributed by atoms with Gasteiger partial charge in [-0.25, -0.2) is 14.4 Å². The summed E-state index contributed by atoms with van der Waals surface area (Å²) in [7, 11) is 1.27. The van der Waals surface area contributed by atoms with E-state index in [1.165, 1.54) is 31.6 Å². The molecule has 2 aliphatic rings. The van der Waals surface area contributed by atoms with Crippen molar-refractivity contribution in [2.45, 2.75) is 50.4 Å². The number of imidazole rings is 1. The van der Waals surface area contributed by atoms with Crippen molar-refractivity contribution in [3.05, 3.63) is 71.7 Å². The summed E-state index contributed by atoms with van der Waals surface area (Å²) in [6, 6.07) is 7.64. The average molecular weight is 592 g/mol. The molecule has 1 aliphatic heterocycles. The van der Waals surface area contributed by atoms with Crippen LogP contribution in [0.1, 0.15) is 35.2 Å². The summed E-state index contributed by atoms with van der Waals surface area (Å²) >= 11 is 0. The Morgan fingerprint density at radius 2 is 1.86 bits per heavy atom. The van der Waals surface area contributed by atoms with Crippen LogP contribution in [0.15, 0.2) is 48.9 Å². The predicted molar refractivity (Wildman–Crippen MR) is 154 cm³/mol. The summed E-state index contributed by atoms with van der Waals surface area (Å²) in [6.07, 6.45) is 5.76. The molecule has 1 aliphatic carbocycles. The number of benzene rings is 2. The summed E-state index contributed by atoms with van der Waals surface area (Å²) in [6.45, 7) is 2.25. The van der Waals surface area contributed by atoms with E-state index in [9.17, 15) is 23.5 Å². The van der Waals surface area contributed by atoms with Crippen LogP contribution in [0.3, 0.4) is 0 Å². The second-order valence-electron chi connectivity index (χ2n) is 10.9. The molecule has 2 aromatic heterocycles. The van der Waals surface area contributed by atoms with Crippen LogP contribution in [0.2, 0.25) is 0 Å². The lowest BCUT2D eigenvalue weighted by atomic mass is 9.86. The minimum atomic E-state index is -1.08. The number of carbonyl (C=O) groups excluding carboxylic acids is 2. The largest absolute Gasteiger partial charge is 0.494 e. The predicted octanol–water partition coefficient (Wildman–Crippen LogP) is 2.83.